The Morgan fingerprint density at radius 3 is 2.40 bits per heavy atom. The Balaban J connectivity index is 0. The summed E-state index contributed by atoms with van der Waals surface area (Å²) in [6.45, 7) is 8.93. The van der Waals surface area contributed by atoms with Gasteiger partial charge in [0, 0.05) is 30.0 Å². The fourth-order valence-electron chi connectivity index (χ4n) is 0.629. The molecule has 0 bridgehead atoms. The molecular weight excluding hydrogens is 396 g/mol. The summed E-state index contributed by atoms with van der Waals surface area (Å²) in [6.07, 6.45) is 1.63. The van der Waals surface area contributed by atoms with Gasteiger partial charge in [0.25, 0.3) is 0 Å². The second-order valence-corrected chi connectivity index (χ2v) is 5.52. The van der Waals surface area contributed by atoms with Crippen LogP contribution in [0.1, 0.15) is 13.3 Å². The van der Waals surface area contributed by atoms with Crippen molar-refractivity contribution in [2.45, 2.75) is 18.2 Å². The number of hydrogen-bond donors (Lipinski definition) is 1. The molecule has 0 saturated carbocycles. The molecule has 5 nitrogen and oxygen atoms in total. The predicted octanol–water partition coefficient (Wildman–Crippen LogP) is 2.36. The van der Waals surface area contributed by atoms with Gasteiger partial charge in [-0.25, -0.2) is 9.59 Å². The Morgan fingerprint density at radius 2 is 2.00 bits per heavy atom. The summed E-state index contributed by atoms with van der Waals surface area (Å²) < 4.78 is 9.36. The van der Waals surface area contributed by atoms with Gasteiger partial charge >= 0.3 is 11.9 Å². The second kappa shape index (κ2) is 14.7. The molecule has 0 aliphatic heterocycles. The van der Waals surface area contributed by atoms with Crippen molar-refractivity contribution in [1.82, 2.24) is 0 Å². The Morgan fingerprint density at radius 1 is 1.40 bits per heavy atom. The standard InChI is InChI=1S/C7H12O3.C6H8Br2O2/c1-6(2)7(9)10-5-3-4-8;1-2-6(9)10-4-5(8)3-7/h8H,1,3-5H2,2H3;2,5H,1,3-4H2. The van der Waals surface area contributed by atoms with Gasteiger partial charge in [-0.05, 0) is 6.92 Å². The average Bonchev–Trinajstić information content (AvgIpc) is 2.44. The molecule has 0 rings (SSSR count). The van der Waals surface area contributed by atoms with Crippen molar-refractivity contribution in [3.05, 3.63) is 24.8 Å². The topological polar surface area (TPSA) is 72.8 Å². The highest BCUT2D eigenvalue weighted by molar-refractivity contribution is 9.12. The minimum atomic E-state index is -0.395. The molecule has 7 heteroatoms. The Bertz CT molecular complexity index is 318. The molecule has 0 heterocycles. The van der Waals surface area contributed by atoms with Gasteiger partial charge in [0.1, 0.15) is 6.61 Å². The maximum Gasteiger partial charge on any atom is 0.333 e. The van der Waals surface area contributed by atoms with Crippen LogP contribution < -0.4 is 0 Å². The van der Waals surface area contributed by atoms with Gasteiger partial charge in [0.15, 0.2) is 0 Å². The van der Waals surface area contributed by atoms with Gasteiger partial charge in [-0.15, -0.1) is 0 Å². The first kappa shape index (κ1) is 21.6. The van der Waals surface area contributed by atoms with Gasteiger partial charge in [0.05, 0.1) is 11.4 Å². The lowest BCUT2D eigenvalue weighted by atomic mass is 10.4. The van der Waals surface area contributed by atoms with Crippen molar-refractivity contribution < 1.29 is 24.2 Å². The molecule has 0 aromatic carbocycles. The number of alkyl halides is 2. The van der Waals surface area contributed by atoms with E-state index in [1.807, 2.05) is 0 Å². The van der Waals surface area contributed by atoms with Gasteiger partial charge in [-0.3, -0.25) is 0 Å². The number of esters is 2. The van der Waals surface area contributed by atoms with Crippen LogP contribution in [0.15, 0.2) is 24.8 Å². The fraction of sp³-hybridized carbons (Fsp3) is 0.538. The van der Waals surface area contributed by atoms with E-state index in [2.05, 4.69) is 49.8 Å². The average molecular weight is 416 g/mol. The molecule has 0 radical (unpaired) electrons. The molecule has 1 atom stereocenters. The number of carbonyl (C=O) groups is 2. The highest BCUT2D eigenvalue weighted by atomic mass is 79.9. The Hall–Kier alpha value is -0.660. The SMILES string of the molecule is C=C(C)C(=O)OCCCO.C=CC(=O)OCC(Br)CBr. The lowest BCUT2D eigenvalue weighted by Crippen LogP contribution is -2.12. The zero-order chi connectivity index (χ0) is 16.0. The molecule has 116 valence electrons. The van der Waals surface area contributed by atoms with Crippen LogP contribution in [0.2, 0.25) is 0 Å². The van der Waals surface area contributed by atoms with Crippen molar-refractivity contribution in [2.75, 3.05) is 25.2 Å². The zero-order valence-electron chi connectivity index (χ0n) is 11.4. The number of rotatable bonds is 8. The van der Waals surface area contributed by atoms with Crippen molar-refractivity contribution in [3.63, 3.8) is 0 Å². The first-order valence-corrected chi connectivity index (χ1v) is 7.85. The van der Waals surface area contributed by atoms with Crippen molar-refractivity contribution in [1.29, 1.82) is 0 Å². The zero-order valence-corrected chi connectivity index (χ0v) is 14.6. The molecule has 20 heavy (non-hydrogen) atoms. The van der Waals surface area contributed by atoms with E-state index in [-0.39, 0.29) is 24.0 Å². The van der Waals surface area contributed by atoms with E-state index in [0.717, 1.165) is 11.4 Å². The summed E-state index contributed by atoms with van der Waals surface area (Å²) in [5.74, 6) is -0.779. The molecule has 0 aromatic heterocycles. The first-order valence-electron chi connectivity index (χ1n) is 5.81. The van der Waals surface area contributed by atoms with Gasteiger partial charge in [-0.2, -0.15) is 0 Å². The normalized spacial score (nSPS) is 10.6. The van der Waals surface area contributed by atoms with Crippen LogP contribution >= 0.6 is 31.9 Å². The Labute approximate surface area is 136 Å². The summed E-state index contributed by atoms with van der Waals surface area (Å²) >= 11 is 6.50. The monoisotopic (exact) mass is 414 g/mol. The fourth-order valence-corrected chi connectivity index (χ4v) is 0.948. The molecule has 1 N–H and O–H groups in total. The van der Waals surface area contributed by atoms with Crippen LogP contribution in [0, 0.1) is 0 Å². The van der Waals surface area contributed by atoms with Crippen molar-refractivity contribution in [3.8, 4) is 0 Å². The van der Waals surface area contributed by atoms with Crippen molar-refractivity contribution in [2.24, 2.45) is 0 Å². The van der Waals surface area contributed by atoms with E-state index in [9.17, 15) is 9.59 Å². The van der Waals surface area contributed by atoms with E-state index in [1.54, 1.807) is 6.92 Å². The lowest BCUT2D eigenvalue weighted by Gasteiger charge is -2.04. The van der Waals surface area contributed by atoms with Crippen LogP contribution in [-0.2, 0) is 19.1 Å². The summed E-state index contributed by atoms with van der Waals surface area (Å²) in [5, 5.41) is 9.07. The molecular formula is C13H20Br2O5. The Kier molecular flexibility index (Phi) is 15.9. The molecule has 0 aliphatic rings. The minimum Gasteiger partial charge on any atom is -0.462 e. The third-order valence-electron chi connectivity index (χ3n) is 1.62. The number of ether oxygens (including phenoxy) is 2. The van der Waals surface area contributed by atoms with E-state index in [0.29, 0.717) is 18.6 Å². The van der Waals surface area contributed by atoms with Crippen LogP contribution in [0.25, 0.3) is 0 Å². The van der Waals surface area contributed by atoms with E-state index in [4.69, 9.17) is 9.84 Å². The molecule has 0 aromatic rings. The molecule has 1 unspecified atom stereocenters. The largest absolute Gasteiger partial charge is 0.462 e. The van der Waals surface area contributed by atoms with Crippen LogP contribution in [0.4, 0.5) is 0 Å². The lowest BCUT2D eigenvalue weighted by molar-refractivity contribution is -0.139. The third kappa shape index (κ3) is 15.4. The first-order chi connectivity index (χ1) is 9.38. The maximum absolute atomic E-state index is 10.6. The van der Waals surface area contributed by atoms with E-state index < -0.39 is 5.97 Å². The predicted molar refractivity (Wildman–Crippen MR) is 85.1 cm³/mol. The van der Waals surface area contributed by atoms with Crippen LogP contribution in [0.5, 0.6) is 0 Å². The summed E-state index contributed by atoms with van der Waals surface area (Å²) in [7, 11) is 0. The van der Waals surface area contributed by atoms with Gasteiger partial charge < -0.3 is 14.6 Å². The highest BCUT2D eigenvalue weighted by Gasteiger charge is 2.03. The highest BCUT2D eigenvalue weighted by Crippen LogP contribution is 2.03. The molecule has 0 amide bonds. The quantitative estimate of drug-likeness (QED) is 0.285. The summed E-state index contributed by atoms with van der Waals surface area (Å²) in [6, 6.07) is 0. The minimum absolute atomic E-state index is 0.0451. The number of hydrogen-bond acceptors (Lipinski definition) is 5. The molecule has 0 spiro atoms. The molecule has 0 aliphatic carbocycles. The van der Waals surface area contributed by atoms with Crippen LogP contribution in [-0.4, -0.2) is 47.0 Å². The van der Waals surface area contributed by atoms with Crippen molar-refractivity contribution >= 4 is 43.8 Å². The van der Waals surface area contributed by atoms with E-state index >= 15 is 0 Å². The number of halogens is 2. The third-order valence-corrected chi connectivity index (χ3v) is 3.86. The number of aliphatic hydroxyl groups excluding tert-OH is 1. The maximum atomic E-state index is 10.6. The number of aliphatic hydroxyl groups is 1. The summed E-state index contributed by atoms with van der Waals surface area (Å²) in [5.41, 5.74) is 0.387. The van der Waals surface area contributed by atoms with Crippen LogP contribution in [0.3, 0.4) is 0 Å². The summed E-state index contributed by atoms with van der Waals surface area (Å²) in [4.78, 5) is 21.2. The van der Waals surface area contributed by atoms with Gasteiger partial charge in [-0.1, -0.05) is 45.0 Å². The smallest absolute Gasteiger partial charge is 0.333 e. The second-order valence-electron chi connectivity index (χ2n) is 3.58. The number of carbonyl (C=O) groups excluding carboxylic acids is 2. The molecule has 0 fully saturated rings. The van der Waals surface area contributed by atoms with E-state index in [1.165, 1.54) is 0 Å². The van der Waals surface area contributed by atoms with Gasteiger partial charge in [0.2, 0.25) is 0 Å². The molecule has 0 saturated heterocycles.